The Kier molecular flexibility index (Phi) is 3.35. The topological polar surface area (TPSA) is 51.2 Å². The van der Waals surface area contributed by atoms with Crippen LogP contribution in [0, 0.1) is 23.2 Å². The van der Waals surface area contributed by atoms with Crippen LogP contribution in [-0.2, 0) is 4.74 Å². The highest BCUT2D eigenvalue weighted by molar-refractivity contribution is 5.95. The van der Waals surface area contributed by atoms with E-state index in [2.05, 4.69) is 10.3 Å². The van der Waals surface area contributed by atoms with Crippen molar-refractivity contribution >= 4 is 11.7 Å². The van der Waals surface area contributed by atoms with Crippen molar-refractivity contribution in [2.75, 3.05) is 19.0 Å². The minimum absolute atomic E-state index is 0.296. The summed E-state index contributed by atoms with van der Waals surface area (Å²) >= 11 is 0. The molecule has 4 fully saturated rings. The van der Waals surface area contributed by atoms with Crippen molar-refractivity contribution in [1.82, 2.24) is 4.98 Å². The lowest BCUT2D eigenvalue weighted by Gasteiger charge is -2.57. The number of pyridine rings is 1. The fraction of sp³-hybridized carbons (Fsp3) is 0.667. The van der Waals surface area contributed by atoms with Gasteiger partial charge in [-0.1, -0.05) is 0 Å². The third kappa shape index (κ3) is 2.38. The van der Waals surface area contributed by atoms with E-state index in [4.69, 9.17) is 4.74 Å². The molecule has 0 radical (unpaired) electrons. The SMILES string of the molecule is COC(=O)c1ccncc1NCC12CC3CC(CC(C3)C1)C2. The first kappa shape index (κ1) is 14.0. The monoisotopic (exact) mass is 300 g/mol. The van der Waals surface area contributed by atoms with Gasteiger partial charge in [-0.2, -0.15) is 0 Å². The van der Waals surface area contributed by atoms with Gasteiger partial charge in [-0.15, -0.1) is 0 Å². The number of nitrogens with zero attached hydrogens (tertiary/aromatic N) is 1. The highest BCUT2D eigenvalue weighted by Gasteiger charge is 2.50. The number of carbonyl (C=O) groups excluding carboxylic acids is 1. The number of nitrogens with one attached hydrogen (secondary N) is 1. The number of methoxy groups -OCH3 is 1. The molecule has 1 heterocycles. The van der Waals surface area contributed by atoms with Crippen molar-refractivity contribution in [1.29, 1.82) is 0 Å². The molecule has 4 aliphatic carbocycles. The van der Waals surface area contributed by atoms with Gasteiger partial charge in [0.15, 0.2) is 0 Å². The lowest BCUT2D eigenvalue weighted by molar-refractivity contribution is -0.0444. The van der Waals surface area contributed by atoms with Crippen LogP contribution >= 0.6 is 0 Å². The Morgan fingerprint density at radius 3 is 2.50 bits per heavy atom. The Hall–Kier alpha value is -1.58. The number of hydrogen-bond donors (Lipinski definition) is 1. The summed E-state index contributed by atoms with van der Waals surface area (Å²) in [6.07, 6.45) is 11.8. The molecule has 0 unspecified atom stereocenters. The van der Waals surface area contributed by atoms with Crippen molar-refractivity contribution in [3.8, 4) is 0 Å². The second-order valence-electron chi connectivity index (χ2n) is 7.68. The Morgan fingerprint density at radius 2 is 1.91 bits per heavy atom. The molecule has 4 saturated carbocycles. The predicted octanol–water partition coefficient (Wildman–Crippen LogP) is 3.50. The highest BCUT2D eigenvalue weighted by atomic mass is 16.5. The van der Waals surface area contributed by atoms with Crippen LogP contribution in [-0.4, -0.2) is 24.6 Å². The maximum absolute atomic E-state index is 11.9. The van der Waals surface area contributed by atoms with Gasteiger partial charge in [0, 0.05) is 12.7 Å². The third-order valence-corrected chi connectivity index (χ3v) is 6.05. The Morgan fingerprint density at radius 1 is 1.27 bits per heavy atom. The number of anilines is 1. The molecule has 0 amide bonds. The second-order valence-corrected chi connectivity index (χ2v) is 7.68. The fourth-order valence-electron chi connectivity index (χ4n) is 5.61. The first-order valence-electron chi connectivity index (χ1n) is 8.44. The number of ether oxygens (including phenoxy) is 1. The smallest absolute Gasteiger partial charge is 0.340 e. The summed E-state index contributed by atoms with van der Waals surface area (Å²) in [4.78, 5) is 16.0. The Balaban J connectivity index is 1.50. The Labute approximate surface area is 131 Å². The van der Waals surface area contributed by atoms with Gasteiger partial charge in [-0.05, 0) is 67.8 Å². The van der Waals surface area contributed by atoms with Gasteiger partial charge in [0.1, 0.15) is 0 Å². The van der Waals surface area contributed by atoms with E-state index in [0.717, 1.165) is 30.0 Å². The molecule has 4 nitrogen and oxygen atoms in total. The molecule has 1 aromatic heterocycles. The molecule has 0 saturated heterocycles. The van der Waals surface area contributed by atoms with E-state index in [0.29, 0.717) is 11.0 Å². The van der Waals surface area contributed by atoms with E-state index in [1.165, 1.54) is 45.6 Å². The summed E-state index contributed by atoms with van der Waals surface area (Å²) in [6.45, 7) is 0.964. The molecule has 4 aliphatic rings. The van der Waals surface area contributed by atoms with E-state index in [1.807, 2.05) is 0 Å². The number of esters is 1. The van der Waals surface area contributed by atoms with Crippen LogP contribution < -0.4 is 5.32 Å². The standard InChI is InChI=1S/C18H24N2O2/c1-22-17(21)15-2-3-19-10-16(15)20-11-18-7-12-4-13(8-18)6-14(5-12)9-18/h2-3,10,12-14,20H,4-9,11H2,1H3. The summed E-state index contributed by atoms with van der Waals surface area (Å²) in [5.41, 5.74) is 1.84. The highest BCUT2D eigenvalue weighted by Crippen LogP contribution is 2.59. The molecular weight excluding hydrogens is 276 g/mol. The van der Waals surface area contributed by atoms with Crippen LogP contribution in [0.25, 0.3) is 0 Å². The van der Waals surface area contributed by atoms with Crippen molar-refractivity contribution in [3.63, 3.8) is 0 Å². The average molecular weight is 300 g/mol. The molecule has 4 heteroatoms. The summed E-state index contributed by atoms with van der Waals surface area (Å²) in [7, 11) is 1.42. The molecule has 5 rings (SSSR count). The minimum atomic E-state index is -0.296. The van der Waals surface area contributed by atoms with Gasteiger partial charge < -0.3 is 10.1 Å². The zero-order chi connectivity index (χ0) is 15.2. The van der Waals surface area contributed by atoms with Gasteiger partial charge in [0.25, 0.3) is 0 Å². The average Bonchev–Trinajstić information content (AvgIpc) is 2.51. The summed E-state index contributed by atoms with van der Waals surface area (Å²) < 4.78 is 4.87. The fourth-order valence-corrected chi connectivity index (χ4v) is 5.61. The largest absolute Gasteiger partial charge is 0.465 e. The van der Waals surface area contributed by atoms with Gasteiger partial charge >= 0.3 is 5.97 Å². The van der Waals surface area contributed by atoms with Crippen molar-refractivity contribution in [2.45, 2.75) is 38.5 Å². The summed E-state index contributed by atoms with van der Waals surface area (Å²) in [6, 6.07) is 1.73. The molecule has 0 aliphatic heterocycles. The van der Waals surface area contributed by atoms with Gasteiger partial charge in [0.2, 0.25) is 0 Å². The van der Waals surface area contributed by atoms with Gasteiger partial charge in [0.05, 0.1) is 24.6 Å². The van der Waals surface area contributed by atoms with E-state index >= 15 is 0 Å². The normalized spacial score (nSPS) is 35.4. The lowest BCUT2D eigenvalue weighted by Crippen LogP contribution is -2.49. The molecule has 4 bridgehead atoms. The number of hydrogen-bond acceptors (Lipinski definition) is 4. The van der Waals surface area contributed by atoms with Crippen molar-refractivity contribution < 1.29 is 9.53 Å². The molecule has 0 spiro atoms. The van der Waals surface area contributed by atoms with Crippen molar-refractivity contribution in [2.24, 2.45) is 23.2 Å². The maximum atomic E-state index is 11.9. The molecule has 1 aromatic rings. The van der Waals surface area contributed by atoms with E-state index in [9.17, 15) is 4.79 Å². The van der Waals surface area contributed by atoms with Crippen LogP contribution in [0.2, 0.25) is 0 Å². The quantitative estimate of drug-likeness (QED) is 0.865. The van der Waals surface area contributed by atoms with E-state index < -0.39 is 0 Å². The van der Waals surface area contributed by atoms with Crippen LogP contribution in [0.15, 0.2) is 18.5 Å². The van der Waals surface area contributed by atoms with Crippen LogP contribution in [0.3, 0.4) is 0 Å². The first-order valence-corrected chi connectivity index (χ1v) is 8.44. The molecule has 1 N–H and O–H groups in total. The van der Waals surface area contributed by atoms with Crippen LogP contribution in [0.5, 0.6) is 0 Å². The minimum Gasteiger partial charge on any atom is -0.465 e. The van der Waals surface area contributed by atoms with Crippen molar-refractivity contribution in [3.05, 3.63) is 24.0 Å². The van der Waals surface area contributed by atoms with Crippen LogP contribution in [0.1, 0.15) is 48.9 Å². The number of rotatable bonds is 4. The molecule has 22 heavy (non-hydrogen) atoms. The Bertz CT molecular complexity index is 549. The summed E-state index contributed by atoms with van der Waals surface area (Å²) in [5, 5.41) is 3.52. The second kappa shape index (κ2) is 5.25. The number of carbonyl (C=O) groups is 1. The maximum Gasteiger partial charge on any atom is 0.340 e. The summed E-state index contributed by atoms with van der Waals surface area (Å²) in [5.74, 6) is 2.54. The first-order chi connectivity index (χ1) is 10.7. The van der Waals surface area contributed by atoms with E-state index in [1.54, 1.807) is 18.5 Å². The van der Waals surface area contributed by atoms with Gasteiger partial charge in [-0.3, -0.25) is 4.98 Å². The van der Waals surface area contributed by atoms with Crippen LogP contribution in [0.4, 0.5) is 5.69 Å². The molecular formula is C18H24N2O2. The van der Waals surface area contributed by atoms with Gasteiger partial charge in [-0.25, -0.2) is 4.79 Å². The predicted molar refractivity (Wildman–Crippen MR) is 84.7 cm³/mol. The number of aromatic nitrogens is 1. The third-order valence-electron chi connectivity index (χ3n) is 6.05. The molecule has 0 atom stereocenters. The molecule has 0 aromatic carbocycles. The lowest BCUT2D eigenvalue weighted by atomic mass is 9.49. The zero-order valence-corrected chi connectivity index (χ0v) is 13.2. The molecule has 118 valence electrons. The zero-order valence-electron chi connectivity index (χ0n) is 13.2. The van der Waals surface area contributed by atoms with E-state index in [-0.39, 0.29) is 5.97 Å².